The topological polar surface area (TPSA) is 37.3 Å². The van der Waals surface area contributed by atoms with Gasteiger partial charge < -0.3 is 5.11 Å². The minimum absolute atomic E-state index is 0.606. The van der Waals surface area contributed by atoms with Gasteiger partial charge in [0.25, 0.3) is 0 Å². The maximum Gasteiger partial charge on any atom is 0.310 e. The lowest BCUT2D eigenvalue weighted by Crippen LogP contribution is -2.38. The molecule has 4 heteroatoms. The summed E-state index contributed by atoms with van der Waals surface area (Å²) in [7, 11) is 0. The van der Waals surface area contributed by atoms with Crippen LogP contribution in [0.2, 0.25) is 0 Å². The second kappa shape index (κ2) is 5.34. The SMILES string of the molecule is O=C(O)C1(Cc2sccc2Br)CCc2ccccc2C1. The fourth-order valence-electron chi connectivity index (χ4n) is 2.97. The number of carboxylic acids is 1. The van der Waals surface area contributed by atoms with Crippen LogP contribution in [0.4, 0.5) is 0 Å². The van der Waals surface area contributed by atoms with Crippen molar-refractivity contribution in [1.82, 2.24) is 0 Å². The number of aryl methyl sites for hydroxylation is 1. The first-order chi connectivity index (χ1) is 9.61. The Morgan fingerprint density at radius 1 is 1.30 bits per heavy atom. The van der Waals surface area contributed by atoms with Crippen LogP contribution >= 0.6 is 27.3 Å². The molecule has 0 bridgehead atoms. The standard InChI is InChI=1S/C16H15BrO2S/c17-13-6-8-20-14(13)10-16(15(18)19)7-5-11-3-1-2-4-12(11)9-16/h1-4,6,8H,5,7,9-10H2,(H,18,19). The number of halogens is 1. The minimum atomic E-state index is -0.674. The third-order valence-electron chi connectivity index (χ3n) is 4.16. The van der Waals surface area contributed by atoms with E-state index in [4.69, 9.17) is 0 Å². The Balaban J connectivity index is 1.95. The van der Waals surface area contributed by atoms with Crippen molar-refractivity contribution >= 4 is 33.2 Å². The van der Waals surface area contributed by atoms with Gasteiger partial charge in [0.15, 0.2) is 0 Å². The molecule has 0 radical (unpaired) electrons. The summed E-state index contributed by atoms with van der Waals surface area (Å²) in [6, 6.07) is 10.2. The zero-order valence-corrected chi connectivity index (χ0v) is 13.3. The Kier molecular flexibility index (Phi) is 3.69. The molecule has 3 rings (SSSR count). The number of hydrogen-bond donors (Lipinski definition) is 1. The normalized spacial score (nSPS) is 21.4. The first-order valence-electron chi connectivity index (χ1n) is 6.63. The van der Waals surface area contributed by atoms with E-state index >= 15 is 0 Å². The molecule has 104 valence electrons. The van der Waals surface area contributed by atoms with E-state index < -0.39 is 11.4 Å². The number of hydrogen-bond acceptors (Lipinski definition) is 2. The minimum Gasteiger partial charge on any atom is -0.481 e. The number of thiophene rings is 1. The van der Waals surface area contributed by atoms with Crippen LogP contribution in [0.3, 0.4) is 0 Å². The molecular formula is C16H15BrO2S. The van der Waals surface area contributed by atoms with E-state index in [9.17, 15) is 9.90 Å². The average Bonchev–Trinajstić information content (AvgIpc) is 2.84. The number of aliphatic carboxylic acids is 1. The van der Waals surface area contributed by atoms with E-state index in [0.29, 0.717) is 19.3 Å². The molecule has 1 N–H and O–H groups in total. The quantitative estimate of drug-likeness (QED) is 0.895. The van der Waals surface area contributed by atoms with Gasteiger partial charge in [-0.25, -0.2) is 0 Å². The molecule has 1 heterocycles. The number of benzene rings is 1. The highest BCUT2D eigenvalue weighted by Crippen LogP contribution is 2.41. The van der Waals surface area contributed by atoms with Crippen LogP contribution in [-0.2, 0) is 24.1 Å². The lowest BCUT2D eigenvalue weighted by Gasteiger charge is -2.34. The van der Waals surface area contributed by atoms with Crippen LogP contribution < -0.4 is 0 Å². The van der Waals surface area contributed by atoms with Crippen molar-refractivity contribution in [3.05, 3.63) is 56.2 Å². The molecule has 0 saturated heterocycles. The van der Waals surface area contributed by atoms with Gasteiger partial charge in [-0.05, 0) is 64.2 Å². The molecule has 0 spiro atoms. The van der Waals surface area contributed by atoms with Crippen molar-refractivity contribution in [3.8, 4) is 0 Å². The number of fused-ring (bicyclic) bond motifs is 1. The Bertz CT molecular complexity index is 649. The molecule has 1 aliphatic carbocycles. The van der Waals surface area contributed by atoms with Crippen molar-refractivity contribution in [3.63, 3.8) is 0 Å². The summed E-state index contributed by atoms with van der Waals surface area (Å²) >= 11 is 5.15. The van der Waals surface area contributed by atoms with Crippen LogP contribution in [-0.4, -0.2) is 11.1 Å². The van der Waals surface area contributed by atoms with Crippen LogP contribution in [0.1, 0.15) is 22.4 Å². The Labute approximate surface area is 130 Å². The summed E-state index contributed by atoms with van der Waals surface area (Å²) < 4.78 is 1.03. The molecule has 1 atom stereocenters. The lowest BCUT2D eigenvalue weighted by atomic mass is 9.69. The maximum absolute atomic E-state index is 11.9. The molecule has 20 heavy (non-hydrogen) atoms. The largest absolute Gasteiger partial charge is 0.481 e. The van der Waals surface area contributed by atoms with Gasteiger partial charge >= 0.3 is 5.97 Å². The van der Waals surface area contributed by atoms with Gasteiger partial charge in [0, 0.05) is 9.35 Å². The zero-order valence-electron chi connectivity index (χ0n) is 10.9. The predicted octanol–water partition coefficient (Wildman–Crippen LogP) is 4.31. The van der Waals surface area contributed by atoms with E-state index in [0.717, 1.165) is 15.8 Å². The summed E-state index contributed by atoms with van der Waals surface area (Å²) in [5.41, 5.74) is 1.82. The molecule has 2 nitrogen and oxygen atoms in total. The molecule has 0 fully saturated rings. The summed E-state index contributed by atoms with van der Waals surface area (Å²) in [5.74, 6) is -0.674. The van der Waals surface area contributed by atoms with Gasteiger partial charge in [-0.15, -0.1) is 11.3 Å². The molecule has 1 aliphatic rings. The third kappa shape index (κ3) is 2.42. The third-order valence-corrected chi connectivity index (χ3v) is 6.09. The van der Waals surface area contributed by atoms with Crippen molar-refractivity contribution in [1.29, 1.82) is 0 Å². The van der Waals surface area contributed by atoms with Gasteiger partial charge in [0.05, 0.1) is 5.41 Å². The molecule has 0 amide bonds. The first kappa shape index (κ1) is 13.8. The van der Waals surface area contributed by atoms with Crippen LogP contribution in [0, 0.1) is 5.41 Å². The molecule has 0 saturated carbocycles. The number of rotatable bonds is 3. The molecule has 2 aromatic rings. The van der Waals surface area contributed by atoms with Gasteiger partial charge in [-0.3, -0.25) is 4.79 Å². The van der Waals surface area contributed by atoms with Crippen molar-refractivity contribution in [2.45, 2.75) is 25.7 Å². The summed E-state index contributed by atoms with van der Waals surface area (Å²) in [5, 5.41) is 11.8. The Morgan fingerprint density at radius 2 is 2.05 bits per heavy atom. The van der Waals surface area contributed by atoms with E-state index in [2.05, 4.69) is 28.1 Å². The van der Waals surface area contributed by atoms with Crippen molar-refractivity contribution in [2.24, 2.45) is 5.41 Å². The Morgan fingerprint density at radius 3 is 2.70 bits per heavy atom. The van der Waals surface area contributed by atoms with Crippen molar-refractivity contribution in [2.75, 3.05) is 0 Å². The zero-order chi connectivity index (χ0) is 14.2. The summed E-state index contributed by atoms with van der Waals surface area (Å²) in [6.07, 6.45) is 2.80. The van der Waals surface area contributed by atoms with Gasteiger partial charge in [0.1, 0.15) is 0 Å². The average molecular weight is 351 g/mol. The molecule has 1 unspecified atom stereocenters. The fraction of sp³-hybridized carbons (Fsp3) is 0.312. The highest BCUT2D eigenvalue weighted by molar-refractivity contribution is 9.10. The lowest BCUT2D eigenvalue weighted by molar-refractivity contribution is -0.149. The molecule has 1 aromatic carbocycles. The van der Waals surface area contributed by atoms with E-state index in [-0.39, 0.29) is 0 Å². The van der Waals surface area contributed by atoms with E-state index in [1.165, 1.54) is 11.1 Å². The highest BCUT2D eigenvalue weighted by atomic mass is 79.9. The van der Waals surface area contributed by atoms with Crippen LogP contribution in [0.25, 0.3) is 0 Å². The highest BCUT2D eigenvalue weighted by Gasteiger charge is 2.42. The molecule has 0 aliphatic heterocycles. The van der Waals surface area contributed by atoms with Gasteiger partial charge in [-0.2, -0.15) is 0 Å². The summed E-state index contributed by atoms with van der Waals surface area (Å²) in [4.78, 5) is 13.0. The van der Waals surface area contributed by atoms with Crippen molar-refractivity contribution < 1.29 is 9.90 Å². The van der Waals surface area contributed by atoms with E-state index in [1.54, 1.807) is 11.3 Å². The molecular weight excluding hydrogens is 336 g/mol. The molecule has 1 aromatic heterocycles. The second-order valence-electron chi connectivity index (χ2n) is 5.40. The maximum atomic E-state index is 11.9. The predicted molar refractivity (Wildman–Crippen MR) is 84.3 cm³/mol. The fourth-order valence-corrected chi connectivity index (χ4v) is 4.60. The summed E-state index contributed by atoms with van der Waals surface area (Å²) in [6.45, 7) is 0. The van der Waals surface area contributed by atoms with Gasteiger partial charge in [-0.1, -0.05) is 24.3 Å². The van der Waals surface area contributed by atoms with E-state index in [1.807, 2.05) is 23.6 Å². The first-order valence-corrected chi connectivity index (χ1v) is 8.30. The van der Waals surface area contributed by atoms with Gasteiger partial charge in [0.2, 0.25) is 0 Å². The second-order valence-corrected chi connectivity index (χ2v) is 7.25. The monoisotopic (exact) mass is 350 g/mol. The smallest absolute Gasteiger partial charge is 0.310 e. The Hall–Kier alpha value is -1.13. The number of carboxylic acid groups (broad SMARTS) is 1. The number of carbonyl (C=O) groups is 1. The van der Waals surface area contributed by atoms with Crippen LogP contribution in [0.15, 0.2) is 40.2 Å². The van der Waals surface area contributed by atoms with Crippen LogP contribution in [0.5, 0.6) is 0 Å².